The van der Waals surface area contributed by atoms with Crippen LogP contribution >= 0.6 is 0 Å². The summed E-state index contributed by atoms with van der Waals surface area (Å²) in [5, 5.41) is 2.96. The molecular formula is C14H21N3O2. The Kier molecular flexibility index (Phi) is 4.37. The molecule has 0 radical (unpaired) electrons. The van der Waals surface area contributed by atoms with Crippen LogP contribution < -0.4 is 16.5 Å². The minimum atomic E-state index is -0.299. The lowest BCUT2D eigenvalue weighted by Gasteiger charge is -2.31. The number of aromatic nitrogens is 1. The van der Waals surface area contributed by atoms with Gasteiger partial charge in [-0.15, -0.1) is 0 Å². The summed E-state index contributed by atoms with van der Waals surface area (Å²) >= 11 is 0. The molecule has 1 heterocycles. The van der Waals surface area contributed by atoms with Gasteiger partial charge in [0.15, 0.2) is 5.43 Å². The number of aromatic amines is 1. The molecule has 1 amide bonds. The van der Waals surface area contributed by atoms with Crippen molar-refractivity contribution in [1.29, 1.82) is 0 Å². The Morgan fingerprint density at radius 3 is 2.89 bits per heavy atom. The summed E-state index contributed by atoms with van der Waals surface area (Å²) in [6, 6.07) is 1.53. The monoisotopic (exact) mass is 263 g/mol. The van der Waals surface area contributed by atoms with Crippen molar-refractivity contribution in [1.82, 2.24) is 10.3 Å². The highest BCUT2D eigenvalue weighted by Crippen LogP contribution is 2.23. The molecule has 0 bridgehead atoms. The third kappa shape index (κ3) is 3.23. The number of hydrogen-bond donors (Lipinski definition) is 3. The van der Waals surface area contributed by atoms with Crippen molar-refractivity contribution >= 4 is 5.91 Å². The van der Waals surface area contributed by atoms with Crippen LogP contribution in [0.3, 0.4) is 0 Å². The van der Waals surface area contributed by atoms with Crippen LogP contribution in [-0.4, -0.2) is 23.5 Å². The van der Waals surface area contributed by atoms with E-state index in [1.54, 1.807) is 6.92 Å². The van der Waals surface area contributed by atoms with E-state index in [0.717, 1.165) is 25.0 Å². The molecule has 0 aromatic carbocycles. The van der Waals surface area contributed by atoms with E-state index in [0.29, 0.717) is 12.5 Å². The molecule has 2 unspecified atom stereocenters. The van der Waals surface area contributed by atoms with E-state index in [9.17, 15) is 9.59 Å². The van der Waals surface area contributed by atoms with Gasteiger partial charge in [-0.25, -0.2) is 0 Å². The van der Waals surface area contributed by atoms with Gasteiger partial charge in [0.05, 0.1) is 0 Å². The minimum Gasteiger partial charge on any atom is -0.364 e. The van der Waals surface area contributed by atoms with Crippen molar-refractivity contribution in [2.75, 3.05) is 6.54 Å². The smallest absolute Gasteiger partial charge is 0.256 e. The van der Waals surface area contributed by atoms with Gasteiger partial charge in [0.2, 0.25) is 0 Å². The van der Waals surface area contributed by atoms with Gasteiger partial charge in [0.25, 0.3) is 5.91 Å². The van der Waals surface area contributed by atoms with E-state index in [1.807, 2.05) is 0 Å². The Hall–Kier alpha value is -1.62. The molecule has 1 aromatic heterocycles. The second kappa shape index (κ2) is 6.02. The zero-order valence-electron chi connectivity index (χ0n) is 11.2. The molecule has 5 nitrogen and oxygen atoms in total. The third-order valence-corrected chi connectivity index (χ3v) is 3.83. The minimum absolute atomic E-state index is 0.0898. The summed E-state index contributed by atoms with van der Waals surface area (Å²) in [7, 11) is 0. The summed E-state index contributed by atoms with van der Waals surface area (Å²) in [5.41, 5.74) is 6.42. The molecule has 1 aliphatic carbocycles. The van der Waals surface area contributed by atoms with Gasteiger partial charge in [0, 0.05) is 24.0 Å². The normalized spacial score (nSPS) is 23.1. The Balaban J connectivity index is 2.09. The SMILES string of the molecule is Cc1cc(=O)c(C(=O)NC2CCCCC2CN)c[nH]1. The number of amides is 1. The average Bonchev–Trinajstić information content (AvgIpc) is 2.39. The van der Waals surface area contributed by atoms with E-state index in [1.165, 1.54) is 18.7 Å². The van der Waals surface area contributed by atoms with Crippen LogP contribution in [0.2, 0.25) is 0 Å². The van der Waals surface area contributed by atoms with E-state index < -0.39 is 0 Å². The highest BCUT2D eigenvalue weighted by atomic mass is 16.2. The Morgan fingerprint density at radius 1 is 1.47 bits per heavy atom. The maximum atomic E-state index is 12.1. The number of H-pyrrole nitrogens is 1. The molecule has 19 heavy (non-hydrogen) atoms. The second-order valence-electron chi connectivity index (χ2n) is 5.25. The quantitative estimate of drug-likeness (QED) is 0.758. The van der Waals surface area contributed by atoms with Gasteiger partial charge in [0.1, 0.15) is 5.56 Å². The van der Waals surface area contributed by atoms with E-state index >= 15 is 0 Å². The van der Waals surface area contributed by atoms with Crippen LogP contribution in [-0.2, 0) is 0 Å². The van der Waals surface area contributed by atoms with Crippen molar-refractivity contribution in [3.05, 3.63) is 33.7 Å². The summed E-state index contributed by atoms with van der Waals surface area (Å²) in [6.07, 6.45) is 5.74. The fourth-order valence-corrected chi connectivity index (χ4v) is 2.68. The number of pyridine rings is 1. The number of carbonyl (C=O) groups excluding carboxylic acids is 1. The molecule has 2 rings (SSSR count). The molecule has 1 saturated carbocycles. The molecular weight excluding hydrogens is 242 g/mol. The standard InChI is InChI=1S/C14H21N3O2/c1-9-6-13(18)11(8-16-9)14(19)17-12-5-3-2-4-10(12)7-15/h6,8,10,12H,2-5,7,15H2,1H3,(H,16,18)(H,17,19). The van der Waals surface area contributed by atoms with E-state index in [-0.39, 0.29) is 22.9 Å². The van der Waals surface area contributed by atoms with Crippen molar-refractivity contribution in [2.24, 2.45) is 11.7 Å². The van der Waals surface area contributed by atoms with Crippen molar-refractivity contribution in [3.8, 4) is 0 Å². The average molecular weight is 263 g/mol. The first-order valence-corrected chi connectivity index (χ1v) is 6.82. The van der Waals surface area contributed by atoms with E-state index in [4.69, 9.17) is 5.73 Å². The molecule has 0 spiro atoms. The zero-order chi connectivity index (χ0) is 13.8. The highest BCUT2D eigenvalue weighted by Gasteiger charge is 2.26. The first-order valence-electron chi connectivity index (χ1n) is 6.82. The summed E-state index contributed by atoms with van der Waals surface area (Å²) in [5.74, 6) is 0.0221. The van der Waals surface area contributed by atoms with E-state index in [2.05, 4.69) is 10.3 Å². The molecule has 0 saturated heterocycles. The topological polar surface area (TPSA) is 88.0 Å². The first kappa shape index (κ1) is 13.8. The number of carbonyl (C=O) groups is 1. The van der Waals surface area contributed by atoms with Gasteiger partial charge < -0.3 is 16.0 Å². The number of hydrogen-bond acceptors (Lipinski definition) is 3. The maximum absolute atomic E-state index is 12.1. The van der Waals surface area contributed by atoms with Crippen molar-refractivity contribution < 1.29 is 4.79 Å². The van der Waals surface area contributed by atoms with Crippen LogP contribution in [0.15, 0.2) is 17.1 Å². The number of rotatable bonds is 3. The van der Waals surface area contributed by atoms with Crippen LogP contribution in [0, 0.1) is 12.8 Å². The largest absolute Gasteiger partial charge is 0.364 e. The molecule has 0 aliphatic heterocycles. The fourth-order valence-electron chi connectivity index (χ4n) is 2.68. The summed E-state index contributed by atoms with van der Waals surface area (Å²) in [6.45, 7) is 2.36. The molecule has 1 aliphatic rings. The molecule has 1 fully saturated rings. The molecule has 1 aromatic rings. The summed E-state index contributed by atoms with van der Waals surface area (Å²) < 4.78 is 0. The van der Waals surface area contributed by atoms with Gasteiger partial charge in [-0.05, 0) is 32.2 Å². The lowest BCUT2D eigenvalue weighted by molar-refractivity contribution is 0.0906. The second-order valence-corrected chi connectivity index (χ2v) is 5.25. The van der Waals surface area contributed by atoms with Crippen LogP contribution in [0.1, 0.15) is 41.7 Å². The van der Waals surface area contributed by atoms with Gasteiger partial charge in [-0.2, -0.15) is 0 Å². The fraction of sp³-hybridized carbons (Fsp3) is 0.571. The number of nitrogens with one attached hydrogen (secondary N) is 2. The van der Waals surface area contributed by atoms with Crippen LogP contribution in [0.25, 0.3) is 0 Å². The van der Waals surface area contributed by atoms with Crippen molar-refractivity contribution in [3.63, 3.8) is 0 Å². The predicted octanol–water partition coefficient (Wildman–Crippen LogP) is 0.931. The van der Waals surface area contributed by atoms with Gasteiger partial charge in [-0.1, -0.05) is 12.8 Å². The number of aryl methyl sites for hydroxylation is 1. The van der Waals surface area contributed by atoms with Crippen LogP contribution in [0.4, 0.5) is 0 Å². The predicted molar refractivity (Wildman–Crippen MR) is 74.1 cm³/mol. The summed E-state index contributed by atoms with van der Waals surface area (Å²) in [4.78, 5) is 26.8. The van der Waals surface area contributed by atoms with Gasteiger partial charge in [-0.3, -0.25) is 9.59 Å². The lowest BCUT2D eigenvalue weighted by atomic mass is 9.84. The zero-order valence-corrected chi connectivity index (χ0v) is 11.2. The first-order chi connectivity index (χ1) is 9.11. The van der Waals surface area contributed by atoms with Crippen LogP contribution in [0.5, 0.6) is 0 Å². The lowest BCUT2D eigenvalue weighted by Crippen LogP contribution is -2.45. The maximum Gasteiger partial charge on any atom is 0.256 e. The number of nitrogens with two attached hydrogens (primary N) is 1. The third-order valence-electron chi connectivity index (χ3n) is 3.83. The molecule has 104 valence electrons. The van der Waals surface area contributed by atoms with Crippen molar-refractivity contribution in [2.45, 2.75) is 38.6 Å². The molecule has 5 heteroatoms. The Bertz CT molecular complexity index is 510. The highest BCUT2D eigenvalue weighted by molar-refractivity contribution is 5.94. The molecule has 2 atom stereocenters. The molecule has 4 N–H and O–H groups in total. The Labute approximate surface area is 112 Å². The van der Waals surface area contributed by atoms with Gasteiger partial charge >= 0.3 is 0 Å². The Morgan fingerprint density at radius 2 is 2.21 bits per heavy atom.